The highest BCUT2D eigenvalue weighted by Gasteiger charge is 2.34. The summed E-state index contributed by atoms with van der Waals surface area (Å²) in [5, 5.41) is 8.42. The van der Waals surface area contributed by atoms with Crippen LogP contribution in [0.3, 0.4) is 0 Å². The average Bonchev–Trinajstić information content (AvgIpc) is 4.09. The van der Waals surface area contributed by atoms with Crippen molar-refractivity contribution in [2.45, 2.75) is 82.0 Å². The molecule has 326 valence electrons. The zero-order valence-electron chi connectivity index (χ0n) is 35.0. The van der Waals surface area contributed by atoms with Crippen LogP contribution in [0.25, 0.3) is 33.6 Å². The molecule has 4 amide bonds. The first-order valence-electron chi connectivity index (χ1n) is 21.1. The van der Waals surface area contributed by atoms with Gasteiger partial charge in [-0.05, 0) is 72.4 Å². The maximum Gasteiger partial charge on any atom is 0.407 e. The predicted molar refractivity (Wildman–Crippen MR) is 229 cm³/mol. The monoisotopic (exact) mass is 848 g/mol. The second-order valence-electron chi connectivity index (χ2n) is 15.6. The van der Waals surface area contributed by atoms with Crippen LogP contribution in [0.5, 0.6) is 0 Å². The van der Waals surface area contributed by atoms with Gasteiger partial charge >= 0.3 is 12.2 Å². The zero-order chi connectivity index (χ0) is 43.4. The van der Waals surface area contributed by atoms with Crippen molar-refractivity contribution in [3.63, 3.8) is 0 Å². The van der Waals surface area contributed by atoms with Gasteiger partial charge in [-0.2, -0.15) is 0 Å². The standard InChI is InChI=1S/C46H53FN8O7/c1-60-45(58)50-34(25-33-9-5-6-10-35(33)47)26-41(56)55-22-8-12-40(55)43-49-28-39(52-43)32-19-15-30(16-20-32)29-13-17-31(18-14-29)38-27-48-42(51-38)36-21-24-62-23-7-3-4-11-37(44(57)53-36)54-46(59)61-2/h5-6,9-10,13-20,27-28,34,36-37,40H,3-4,7-8,11-12,21-26H2,1-2H3,(H,48,51)(H,49,52)(H,50,58)(H,53,57)(H,54,59)/t34-,36+,37+,40+/m1/s1. The van der Waals surface area contributed by atoms with Crippen LogP contribution in [-0.4, -0.2) is 94.9 Å². The number of nitrogens with one attached hydrogen (secondary N) is 5. The minimum Gasteiger partial charge on any atom is -0.453 e. The number of methoxy groups -OCH3 is 2. The lowest BCUT2D eigenvalue weighted by Gasteiger charge is -2.26. The van der Waals surface area contributed by atoms with Gasteiger partial charge in [-0.25, -0.2) is 23.9 Å². The molecule has 4 atom stereocenters. The molecule has 2 aliphatic rings. The van der Waals surface area contributed by atoms with Crippen LogP contribution in [0, 0.1) is 5.82 Å². The molecule has 0 unspecified atom stereocenters. The Morgan fingerprint density at radius 3 is 2.11 bits per heavy atom. The van der Waals surface area contributed by atoms with Gasteiger partial charge in [0.15, 0.2) is 0 Å². The fourth-order valence-electron chi connectivity index (χ4n) is 8.06. The molecule has 0 saturated carbocycles. The first-order valence-corrected chi connectivity index (χ1v) is 21.1. The maximum atomic E-state index is 14.5. The second kappa shape index (κ2) is 20.8. The van der Waals surface area contributed by atoms with E-state index in [1.165, 1.54) is 20.3 Å². The number of rotatable bonds is 11. The van der Waals surface area contributed by atoms with Gasteiger partial charge < -0.3 is 45.0 Å². The number of aromatic nitrogens is 4. The molecule has 7 rings (SSSR count). The Morgan fingerprint density at radius 2 is 1.44 bits per heavy atom. The van der Waals surface area contributed by atoms with Crippen molar-refractivity contribution >= 4 is 24.0 Å². The number of hydrogen-bond acceptors (Lipinski definition) is 9. The Balaban J connectivity index is 0.982. The lowest BCUT2D eigenvalue weighted by atomic mass is 10.0. The van der Waals surface area contributed by atoms with Gasteiger partial charge in [0.2, 0.25) is 11.8 Å². The summed E-state index contributed by atoms with van der Waals surface area (Å²) in [6, 6.07) is 20.5. The van der Waals surface area contributed by atoms with Crippen molar-refractivity contribution in [1.29, 1.82) is 0 Å². The van der Waals surface area contributed by atoms with Crippen molar-refractivity contribution in [2.75, 3.05) is 34.0 Å². The highest BCUT2D eigenvalue weighted by atomic mass is 19.1. The number of alkyl carbamates (subject to hydrolysis) is 2. The molecule has 62 heavy (non-hydrogen) atoms. The fourth-order valence-corrected chi connectivity index (χ4v) is 8.06. The Morgan fingerprint density at radius 1 is 0.790 bits per heavy atom. The van der Waals surface area contributed by atoms with Crippen molar-refractivity contribution < 1.29 is 37.8 Å². The molecule has 15 nitrogen and oxygen atoms in total. The largest absolute Gasteiger partial charge is 0.453 e. The normalized spacial score (nSPS) is 19.0. The first-order chi connectivity index (χ1) is 30.2. The minimum absolute atomic E-state index is 0.0197. The molecule has 16 heteroatoms. The van der Waals surface area contributed by atoms with Gasteiger partial charge in [-0.15, -0.1) is 0 Å². The molecular weight excluding hydrogens is 796 g/mol. The van der Waals surface area contributed by atoms with E-state index in [1.54, 1.807) is 35.5 Å². The summed E-state index contributed by atoms with van der Waals surface area (Å²) >= 11 is 0. The number of hydrogen-bond donors (Lipinski definition) is 5. The number of amides is 4. The van der Waals surface area contributed by atoms with Crippen LogP contribution in [0.2, 0.25) is 0 Å². The molecular formula is C46H53FN8O7. The number of halogens is 1. The summed E-state index contributed by atoms with van der Waals surface area (Å²) in [6.45, 7) is 1.63. The smallest absolute Gasteiger partial charge is 0.407 e. The Labute approximate surface area is 359 Å². The van der Waals surface area contributed by atoms with Crippen LogP contribution in [0.15, 0.2) is 85.2 Å². The van der Waals surface area contributed by atoms with E-state index < -0.39 is 36.1 Å². The van der Waals surface area contributed by atoms with Crippen LogP contribution < -0.4 is 16.0 Å². The number of benzene rings is 3. The maximum absolute atomic E-state index is 14.5. The van der Waals surface area contributed by atoms with Crippen LogP contribution in [-0.2, 0) is 30.2 Å². The SMILES string of the molecule is COC(=O)N[C@@H](CC(=O)N1CCC[C@H]1c1ncc(-c2ccc(-c3ccc(-c4cnc([C@@H]5CCOCCCCC[C@H](NC(=O)OC)C(=O)N5)[nH]4)cc3)cc2)[nH]1)Cc1ccccc1F. The Bertz CT molecular complexity index is 2300. The molecule has 2 fully saturated rings. The molecule has 5 N–H and O–H groups in total. The van der Waals surface area contributed by atoms with Gasteiger partial charge in [-0.1, -0.05) is 79.6 Å². The number of ether oxygens (including phenoxy) is 3. The number of nitrogens with zero attached hydrogens (tertiary/aromatic N) is 3. The van der Waals surface area contributed by atoms with Gasteiger partial charge in [0, 0.05) is 32.2 Å². The summed E-state index contributed by atoms with van der Waals surface area (Å²) in [5.41, 5.74) is 5.93. The average molecular weight is 849 g/mol. The van der Waals surface area contributed by atoms with E-state index in [-0.39, 0.29) is 30.7 Å². The highest BCUT2D eigenvalue weighted by Crippen LogP contribution is 2.33. The number of imidazole rings is 2. The number of H-pyrrole nitrogens is 2. The first kappa shape index (κ1) is 43.5. The lowest BCUT2D eigenvalue weighted by Crippen LogP contribution is -2.48. The third kappa shape index (κ3) is 11.0. The van der Waals surface area contributed by atoms with Gasteiger partial charge in [0.1, 0.15) is 23.5 Å². The third-order valence-electron chi connectivity index (χ3n) is 11.4. The van der Waals surface area contributed by atoms with E-state index in [1.807, 2.05) is 48.5 Å². The second-order valence-corrected chi connectivity index (χ2v) is 15.6. The Kier molecular flexibility index (Phi) is 14.6. The third-order valence-corrected chi connectivity index (χ3v) is 11.4. The van der Waals surface area contributed by atoms with E-state index in [9.17, 15) is 23.6 Å². The molecule has 0 spiro atoms. The van der Waals surface area contributed by atoms with E-state index in [2.05, 4.69) is 35.9 Å². The molecule has 3 aromatic carbocycles. The summed E-state index contributed by atoms with van der Waals surface area (Å²) in [5.74, 6) is 0.417. The molecule has 2 aromatic heterocycles. The fraction of sp³-hybridized carbons (Fsp3) is 0.391. The molecule has 0 aliphatic carbocycles. The number of carbonyl (C=O) groups is 4. The van der Waals surface area contributed by atoms with Crippen LogP contribution in [0.4, 0.5) is 14.0 Å². The van der Waals surface area contributed by atoms with Crippen LogP contribution >= 0.6 is 0 Å². The summed E-state index contributed by atoms with van der Waals surface area (Å²) < 4.78 is 29.9. The molecule has 2 saturated heterocycles. The van der Waals surface area contributed by atoms with Crippen molar-refractivity contribution in [2.24, 2.45) is 0 Å². The van der Waals surface area contributed by atoms with Crippen LogP contribution in [0.1, 0.15) is 80.7 Å². The molecule has 0 radical (unpaired) electrons. The number of aromatic amines is 2. The van der Waals surface area contributed by atoms with E-state index >= 15 is 0 Å². The predicted octanol–water partition coefficient (Wildman–Crippen LogP) is 7.16. The van der Waals surface area contributed by atoms with Gasteiger partial charge in [0.05, 0.1) is 50.1 Å². The molecule has 2 aliphatic heterocycles. The molecule has 4 heterocycles. The quantitative estimate of drug-likeness (QED) is 0.0918. The molecule has 0 bridgehead atoms. The highest BCUT2D eigenvalue weighted by molar-refractivity contribution is 5.86. The zero-order valence-corrected chi connectivity index (χ0v) is 35.0. The van der Waals surface area contributed by atoms with Crippen molar-refractivity contribution in [3.8, 4) is 33.6 Å². The number of carbonyl (C=O) groups excluding carboxylic acids is 4. The van der Waals surface area contributed by atoms with Gasteiger partial charge in [-0.3, -0.25) is 9.59 Å². The number of likely N-dealkylation sites (tertiary alicyclic amines) is 1. The van der Waals surface area contributed by atoms with E-state index in [0.29, 0.717) is 49.8 Å². The lowest BCUT2D eigenvalue weighted by molar-refractivity contribution is -0.132. The van der Waals surface area contributed by atoms with E-state index in [4.69, 9.17) is 14.2 Å². The van der Waals surface area contributed by atoms with Crippen molar-refractivity contribution in [1.82, 2.24) is 40.8 Å². The Hall–Kier alpha value is -6.55. The summed E-state index contributed by atoms with van der Waals surface area (Å²) in [7, 11) is 2.53. The van der Waals surface area contributed by atoms with E-state index in [0.717, 1.165) is 65.7 Å². The topological polar surface area (TPSA) is 193 Å². The molecule has 5 aromatic rings. The summed E-state index contributed by atoms with van der Waals surface area (Å²) in [4.78, 5) is 69.0. The summed E-state index contributed by atoms with van der Waals surface area (Å²) in [6.07, 6.45) is 7.39. The minimum atomic E-state index is -0.719. The van der Waals surface area contributed by atoms with Gasteiger partial charge in [0.25, 0.3) is 0 Å². The van der Waals surface area contributed by atoms with Crippen molar-refractivity contribution in [3.05, 3.63) is 108 Å².